The van der Waals surface area contributed by atoms with E-state index in [2.05, 4.69) is 54.9 Å². The van der Waals surface area contributed by atoms with E-state index in [0.29, 0.717) is 18.4 Å². The summed E-state index contributed by atoms with van der Waals surface area (Å²) in [5.41, 5.74) is 1.41. The summed E-state index contributed by atoms with van der Waals surface area (Å²) in [6.45, 7) is 4.23. The largest absolute Gasteiger partial charge is 0.342 e. The standard InChI is InChI=1S/C23H33N5OS/c1-26-22(24-25-23(26)30-2)20-9-6-12-27(16-20)17-21(29)28-13-10-19(11-14-28)15-18-7-4-3-5-8-18/h3-5,7-8,19-20H,6,9-17H2,1-2H3/t20-/m1/s1. The molecule has 2 saturated heterocycles. The van der Waals surface area contributed by atoms with E-state index in [1.165, 1.54) is 5.56 Å². The highest BCUT2D eigenvalue weighted by molar-refractivity contribution is 7.98. The van der Waals surface area contributed by atoms with Crippen molar-refractivity contribution in [2.45, 2.75) is 43.2 Å². The Balaban J connectivity index is 1.26. The van der Waals surface area contributed by atoms with E-state index >= 15 is 0 Å². The van der Waals surface area contributed by atoms with Gasteiger partial charge in [-0.05, 0) is 56.4 Å². The Bertz CT molecular complexity index is 831. The zero-order chi connectivity index (χ0) is 20.9. The minimum Gasteiger partial charge on any atom is -0.342 e. The second kappa shape index (κ2) is 9.96. The summed E-state index contributed by atoms with van der Waals surface area (Å²) in [5, 5.41) is 9.67. The number of hydrogen-bond donors (Lipinski definition) is 0. The third-order valence-corrected chi connectivity index (χ3v) is 7.34. The van der Waals surface area contributed by atoms with Gasteiger partial charge < -0.3 is 9.47 Å². The Labute approximate surface area is 184 Å². The van der Waals surface area contributed by atoms with Crippen molar-refractivity contribution in [3.05, 3.63) is 41.7 Å². The van der Waals surface area contributed by atoms with Gasteiger partial charge in [0, 0.05) is 32.6 Å². The van der Waals surface area contributed by atoms with Crippen LogP contribution in [0.2, 0.25) is 0 Å². The Morgan fingerprint density at radius 3 is 2.57 bits per heavy atom. The van der Waals surface area contributed by atoms with Gasteiger partial charge in [-0.2, -0.15) is 0 Å². The predicted molar refractivity (Wildman–Crippen MR) is 121 cm³/mol. The molecule has 1 amide bonds. The van der Waals surface area contributed by atoms with Crippen molar-refractivity contribution in [2.75, 3.05) is 39.0 Å². The van der Waals surface area contributed by atoms with E-state index < -0.39 is 0 Å². The fourth-order valence-electron chi connectivity index (χ4n) is 4.89. The van der Waals surface area contributed by atoms with Crippen molar-refractivity contribution < 1.29 is 4.79 Å². The first kappa shape index (κ1) is 21.4. The molecule has 4 rings (SSSR count). The number of aromatic nitrogens is 3. The Morgan fingerprint density at radius 1 is 1.10 bits per heavy atom. The summed E-state index contributed by atoms with van der Waals surface area (Å²) in [6.07, 6.45) is 7.61. The number of amides is 1. The van der Waals surface area contributed by atoms with Gasteiger partial charge in [0.15, 0.2) is 5.16 Å². The van der Waals surface area contributed by atoms with Crippen LogP contribution in [0.1, 0.15) is 43.0 Å². The van der Waals surface area contributed by atoms with Gasteiger partial charge in [-0.3, -0.25) is 9.69 Å². The van der Waals surface area contributed by atoms with Gasteiger partial charge in [0.2, 0.25) is 5.91 Å². The van der Waals surface area contributed by atoms with Crippen molar-refractivity contribution in [1.29, 1.82) is 0 Å². The molecule has 2 aliphatic rings. The lowest BCUT2D eigenvalue weighted by Gasteiger charge is -2.36. The van der Waals surface area contributed by atoms with E-state index in [4.69, 9.17) is 0 Å². The van der Waals surface area contributed by atoms with Crippen LogP contribution in [0.5, 0.6) is 0 Å². The molecule has 30 heavy (non-hydrogen) atoms. The molecule has 1 aromatic carbocycles. The Hall–Kier alpha value is -1.86. The lowest BCUT2D eigenvalue weighted by molar-refractivity contribution is -0.134. The summed E-state index contributed by atoms with van der Waals surface area (Å²) in [6, 6.07) is 10.7. The van der Waals surface area contributed by atoms with Crippen LogP contribution in [0, 0.1) is 5.92 Å². The average Bonchev–Trinajstić information content (AvgIpc) is 3.15. The molecule has 3 heterocycles. The SMILES string of the molecule is CSc1nnc([C@@H]2CCCN(CC(=O)N3CCC(Cc4ccccc4)CC3)C2)n1C. The summed E-state index contributed by atoms with van der Waals surface area (Å²) in [7, 11) is 2.05. The van der Waals surface area contributed by atoms with Crippen LogP contribution >= 0.6 is 11.8 Å². The lowest BCUT2D eigenvalue weighted by Crippen LogP contribution is -2.46. The zero-order valence-corrected chi connectivity index (χ0v) is 19.0. The predicted octanol–water partition coefficient (Wildman–Crippen LogP) is 3.20. The van der Waals surface area contributed by atoms with Crippen LogP contribution in [-0.4, -0.2) is 69.5 Å². The minimum atomic E-state index is 0.288. The van der Waals surface area contributed by atoms with Crippen molar-refractivity contribution in [1.82, 2.24) is 24.6 Å². The number of carbonyl (C=O) groups is 1. The fourth-order valence-corrected chi connectivity index (χ4v) is 5.38. The highest BCUT2D eigenvalue weighted by Crippen LogP contribution is 2.27. The molecule has 0 radical (unpaired) electrons. The zero-order valence-electron chi connectivity index (χ0n) is 18.2. The molecule has 2 aromatic rings. The second-order valence-corrected chi connectivity index (χ2v) is 9.47. The van der Waals surface area contributed by atoms with Crippen LogP contribution in [0.3, 0.4) is 0 Å². The number of nitrogens with zero attached hydrogens (tertiary/aromatic N) is 5. The molecular weight excluding hydrogens is 394 g/mol. The molecule has 2 aliphatic heterocycles. The summed E-state index contributed by atoms with van der Waals surface area (Å²) in [4.78, 5) is 17.3. The molecule has 0 unspecified atom stereocenters. The maximum atomic E-state index is 12.9. The van der Waals surface area contributed by atoms with E-state index in [1.807, 2.05) is 13.3 Å². The smallest absolute Gasteiger partial charge is 0.236 e. The molecule has 2 fully saturated rings. The quantitative estimate of drug-likeness (QED) is 0.663. The van der Waals surface area contributed by atoms with Crippen LogP contribution in [-0.2, 0) is 18.3 Å². The van der Waals surface area contributed by atoms with E-state index in [1.54, 1.807) is 11.8 Å². The third-order valence-electron chi connectivity index (χ3n) is 6.62. The molecule has 0 aliphatic carbocycles. The van der Waals surface area contributed by atoms with Gasteiger partial charge in [0.05, 0.1) is 6.54 Å². The van der Waals surface area contributed by atoms with Crippen LogP contribution in [0.4, 0.5) is 0 Å². The number of benzene rings is 1. The summed E-state index contributed by atoms with van der Waals surface area (Å²) >= 11 is 1.63. The summed E-state index contributed by atoms with van der Waals surface area (Å²) in [5.74, 6) is 2.40. The van der Waals surface area contributed by atoms with Crippen molar-refractivity contribution in [3.8, 4) is 0 Å². The van der Waals surface area contributed by atoms with Crippen molar-refractivity contribution in [2.24, 2.45) is 13.0 Å². The molecule has 162 valence electrons. The number of piperidine rings is 2. The number of likely N-dealkylation sites (tertiary alicyclic amines) is 2. The van der Waals surface area contributed by atoms with Gasteiger partial charge >= 0.3 is 0 Å². The van der Waals surface area contributed by atoms with E-state index in [9.17, 15) is 4.79 Å². The molecular formula is C23H33N5OS. The minimum absolute atomic E-state index is 0.288. The number of hydrogen-bond acceptors (Lipinski definition) is 5. The van der Waals surface area contributed by atoms with Crippen molar-refractivity contribution in [3.63, 3.8) is 0 Å². The maximum Gasteiger partial charge on any atom is 0.236 e. The Morgan fingerprint density at radius 2 is 1.87 bits per heavy atom. The van der Waals surface area contributed by atoms with Gasteiger partial charge in [0.25, 0.3) is 0 Å². The first-order valence-corrected chi connectivity index (χ1v) is 12.3. The monoisotopic (exact) mass is 427 g/mol. The van der Waals surface area contributed by atoms with E-state index in [-0.39, 0.29) is 5.91 Å². The normalized spacial score (nSPS) is 21.1. The summed E-state index contributed by atoms with van der Waals surface area (Å²) < 4.78 is 2.11. The molecule has 0 spiro atoms. The van der Waals surface area contributed by atoms with Crippen LogP contribution in [0.15, 0.2) is 35.5 Å². The Kier molecular flexibility index (Phi) is 7.10. The number of rotatable bonds is 6. The van der Waals surface area contributed by atoms with Gasteiger partial charge in [-0.15, -0.1) is 10.2 Å². The second-order valence-electron chi connectivity index (χ2n) is 8.69. The first-order chi connectivity index (χ1) is 14.6. The highest BCUT2D eigenvalue weighted by Gasteiger charge is 2.29. The van der Waals surface area contributed by atoms with E-state index in [0.717, 1.165) is 69.3 Å². The molecule has 0 N–H and O–H groups in total. The van der Waals surface area contributed by atoms with Gasteiger partial charge in [-0.25, -0.2) is 0 Å². The number of carbonyl (C=O) groups excluding carboxylic acids is 1. The molecule has 1 atom stereocenters. The lowest BCUT2D eigenvalue weighted by atomic mass is 9.90. The highest BCUT2D eigenvalue weighted by atomic mass is 32.2. The molecule has 6 nitrogen and oxygen atoms in total. The van der Waals surface area contributed by atoms with Crippen LogP contribution in [0.25, 0.3) is 0 Å². The average molecular weight is 428 g/mol. The van der Waals surface area contributed by atoms with Crippen molar-refractivity contribution >= 4 is 17.7 Å². The first-order valence-electron chi connectivity index (χ1n) is 11.1. The molecule has 1 aromatic heterocycles. The maximum absolute atomic E-state index is 12.9. The molecule has 7 heteroatoms. The van der Waals surface area contributed by atoms with Crippen LogP contribution < -0.4 is 0 Å². The molecule has 0 saturated carbocycles. The fraction of sp³-hybridized carbons (Fsp3) is 0.609. The van der Waals surface area contributed by atoms with Gasteiger partial charge in [0.1, 0.15) is 5.82 Å². The number of thioether (sulfide) groups is 1. The van der Waals surface area contributed by atoms with Gasteiger partial charge in [-0.1, -0.05) is 42.1 Å². The topological polar surface area (TPSA) is 54.3 Å². The molecule has 0 bridgehead atoms. The third kappa shape index (κ3) is 5.06.